The molecule has 8 heteroatoms. The van der Waals surface area contributed by atoms with Gasteiger partial charge in [-0.1, -0.05) is 5.18 Å². The van der Waals surface area contributed by atoms with Crippen molar-refractivity contribution < 1.29 is 4.79 Å². The first kappa shape index (κ1) is 13.9. The molecular formula is C10H16N6O2. The van der Waals surface area contributed by atoms with Gasteiger partial charge in [0.1, 0.15) is 12.2 Å². The molecule has 0 atom stereocenters. The molecule has 0 saturated carbocycles. The molecule has 0 fully saturated rings. The van der Waals surface area contributed by atoms with Gasteiger partial charge in [-0.3, -0.25) is 4.79 Å². The SMILES string of the molecule is CN(C)c1ncnc(CCNC(=O)CCN=O)n1. The highest BCUT2D eigenvalue weighted by molar-refractivity contribution is 5.76. The van der Waals surface area contributed by atoms with E-state index in [9.17, 15) is 9.70 Å². The van der Waals surface area contributed by atoms with Crippen molar-refractivity contribution in [1.82, 2.24) is 20.3 Å². The van der Waals surface area contributed by atoms with Gasteiger partial charge in [0.05, 0.1) is 6.54 Å². The number of nitroso groups, excluding NO2 is 1. The second kappa shape index (κ2) is 7.25. The first-order valence-electron chi connectivity index (χ1n) is 5.54. The molecule has 1 aromatic rings. The van der Waals surface area contributed by atoms with E-state index in [2.05, 4.69) is 25.4 Å². The van der Waals surface area contributed by atoms with E-state index < -0.39 is 0 Å². The number of aromatic nitrogens is 3. The average Bonchev–Trinajstić information content (AvgIpc) is 2.36. The predicted octanol–water partition coefficient (Wildman–Crippen LogP) is -0.247. The fraction of sp³-hybridized carbons (Fsp3) is 0.600. The number of hydrogen-bond acceptors (Lipinski definition) is 7. The molecule has 0 unspecified atom stereocenters. The lowest BCUT2D eigenvalue weighted by molar-refractivity contribution is -0.120. The minimum atomic E-state index is -0.198. The zero-order chi connectivity index (χ0) is 13.4. The van der Waals surface area contributed by atoms with Crippen LogP contribution in [0.25, 0.3) is 0 Å². The van der Waals surface area contributed by atoms with E-state index in [1.54, 1.807) is 4.90 Å². The summed E-state index contributed by atoms with van der Waals surface area (Å²) in [7, 11) is 3.68. The lowest BCUT2D eigenvalue weighted by Gasteiger charge is -2.10. The molecule has 98 valence electrons. The molecule has 0 aliphatic rings. The highest BCUT2D eigenvalue weighted by atomic mass is 16.3. The van der Waals surface area contributed by atoms with Crippen molar-refractivity contribution in [3.63, 3.8) is 0 Å². The van der Waals surface area contributed by atoms with Crippen molar-refractivity contribution in [2.75, 3.05) is 32.1 Å². The molecule has 0 spiro atoms. The first-order chi connectivity index (χ1) is 8.63. The van der Waals surface area contributed by atoms with Gasteiger partial charge < -0.3 is 10.2 Å². The van der Waals surface area contributed by atoms with Crippen LogP contribution in [-0.2, 0) is 11.2 Å². The van der Waals surface area contributed by atoms with Crippen LogP contribution in [0.3, 0.4) is 0 Å². The van der Waals surface area contributed by atoms with Crippen molar-refractivity contribution in [2.45, 2.75) is 12.8 Å². The summed E-state index contributed by atoms with van der Waals surface area (Å²) in [4.78, 5) is 35.0. The standard InChI is InChI=1S/C10H16N6O2/c1-16(2)10-13-7-12-8(15-10)3-5-11-9(17)4-6-14-18/h7H,3-6H2,1-2H3,(H,11,17). The van der Waals surface area contributed by atoms with Crippen molar-refractivity contribution in [3.8, 4) is 0 Å². The third-order valence-corrected chi connectivity index (χ3v) is 2.11. The summed E-state index contributed by atoms with van der Waals surface area (Å²) in [5.41, 5.74) is 0. The van der Waals surface area contributed by atoms with E-state index in [1.807, 2.05) is 14.1 Å². The van der Waals surface area contributed by atoms with Gasteiger partial charge in [0.25, 0.3) is 0 Å². The highest BCUT2D eigenvalue weighted by Crippen LogP contribution is 2.00. The van der Waals surface area contributed by atoms with Crippen LogP contribution in [0, 0.1) is 4.91 Å². The topological polar surface area (TPSA) is 100 Å². The maximum absolute atomic E-state index is 11.2. The number of hydrogen-bond donors (Lipinski definition) is 1. The number of amides is 1. The molecule has 1 heterocycles. The van der Waals surface area contributed by atoms with Crippen molar-refractivity contribution in [3.05, 3.63) is 17.1 Å². The molecule has 0 saturated heterocycles. The summed E-state index contributed by atoms with van der Waals surface area (Å²) in [5.74, 6) is 0.996. The van der Waals surface area contributed by atoms with E-state index in [0.717, 1.165) is 0 Å². The minimum absolute atomic E-state index is 0.00235. The largest absolute Gasteiger partial charge is 0.356 e. The van der Waals surface area contributed by atoms with E-state index >= 15 is 0 Å². The Labute approximate surface area is 105 Å². The second-order valence-electron chi connectivity index (χ2n) is 3.80. The number of carbonyl (C=O) groups is 1. The van der Waals surface area contributed by atoms with Gasteiger partial charge in [-0.15, -0.1) is 0 Å². The molecule has 0 bridgehead atoms. The Morgan fingerprint density at radius 2 is 2.22 bits per heavy atom. The van der Waals surface area contributed by atoms with E-state index in [0.29, 0.717) is 24.7 Å². The van der Waals surface area contributed by atoms with Gasteiger partial charge in [0.15, 0.2) is 0 Å². The van der Waals surface area contributed by atoms with Gasteiger partial charge in [-0.2, -0.15) is 9.89 Å². The zero-order valence-electron chi connectivity index (χ0n) is 10.5. The first-order valence-corrected chi connectivity index (χ1v) is 5.54. The predicted molar refractivity (Wildman–Crippen MR) is 66.1 cm³/mol. The summed E-state index contributed by atoms with van der Waals surface area (Å²) in [6.45, 7) is 0.428. The number of rotatable bonds is 7. The van der Waals surface area contributed by atoms with Gasteiger partial charge in [-0.05, 0) is 0 Å². The average molecular weight is 252 g/mol. The minimum Gasteiger partial charge on any atom is -0.356 e. The lowest BCUT2D eigenvalue weighted by atomic mass is 10.3. The molecule has 1 rings (SSSR count). The van der Waals surface area contributed by atoms with Crippen LogP contribution in [0.2, 0.25) is 0 Å². The summed E-state index contributed by atoms with van der Waals surface area (Å²) in [6.07, 6.45) is 2.07. The Morgan fingerprint density at radius 1 is 1.44 bits per heavy atom. The summed E-state index contributed by atoms with van der Waals surface area (Å²) in [6, 6.07) is 0. The second-order valence-corrected chi connectivity index (χ2v) is 3.80. The summed E-state index contributed by atoms with van der Waals surface area (Å²) >= 11 is 0. The third-order valence-electron chi connectivity index (χ3n) is 2.11. The van der Waals surface area contributed by atoms with Crippen molar-refractivity contribution in [1.29, 1.82) is 0 Å². The van der Waals surface area contributed by atoms with Crippen LogP contribution in [0.4, 0.5) is 5.95 Å². The van der Waals surface area contributed by atoms with Crippen LogP contribution in [0.5, 0.6) is 0 Å². The molecule has 0 aliphatic carbocycles. The Morgan fingerprint density at radius 3 is 2.89 bits per heavy atom. The summed E-state index contributed by atoms with van der Waals surface area (Å²) in [5, 5.41) is 5.29. The summed E-state index contributed by atoms with van der Waals surface area (Å²) < 4.78 is 0. The zero-order valence-corrected chi connectivity index (χ0v) is 10.5. The van der Waals surface area contributed by atoms with Crippen LogP contribution in [0.1, 0.15) is 12.2 Å². The third kappa shape index (κ3) is 4.81. The van der Waals surface area contributed by atoms with E-state index in [-0.39, 0.29) is 18.9 Å². The molecule has 0 aliphatic heterocycles. The molecule has 1 N–H and O–H groups in total. The molecule has 1 amide bonds. The smallest absolute Gasteiger partial charge is 0.228 e. The molecule has 1 aromatic heterocycles. The van der Waals surface area contributed by atoms with Gasteiger partial charge in [0.2, 0.25) is 11.9 Å². The van der Waals surface area contributed by atoms with Crippen molar-refractivity contribution in [2.24, 2.45) is 5.18 Å². The van der Waals surface area contributed by atoms with Crippen LogP contribution in [-0.4, -0.2) is 48.0 Å². The Kier molecular flexibility index (Phi) is 5.62. The molecule has 8 nitrogen and oxygen atoms in total. The quantitative estimate of drug-likeness (QED) is 0.672. The lowest BCUT2D eigenvalue weighted by Crippen LogP contribution is -2.26. The molecule has 18 heavy (non-hydrogen) atoms. The van der Waals surface area contributed by atoms with Gasteiger partial charge >= 0.3 is 0 Å². The van der Waals surface area contributed by atoms with Crippen LogP contribution >= 0.6 is 0 Å². The Bertz CT molecular complexity index is 409. The van der Waals surface area contributed by atoms with Crippen molar-refractivity contribution >= 4 is 11.9 Å². The maximum Gasteiger partial charge on any atom is 0.228 e. The van der Waals surface area contributed by atoms with Crippen LogP contribution in [0.15, 0.2) is 11.5 Å². The fourth-order valence-electron chi connectivity index (χ4n) is 1.21. The highest BCUT2D eigenvalue weighted by Gasteiger charge is 2.04. The molecular weight excluding hydrogens is 236 g/mol. The maximum atomic E-state index is 11.2. The fourth-order valence-corrected chi connectivity index (χ4v) is 1.21. The number of nitrogens with zero attached hydrogens (tertiary/aromatic N) is 5. The molecule has 0 radical (unpaired) electrons. The monoisotopic (exact) mass is 252 g/mol. The number of nitrogens with one attached hydrogen (secondary N) is 1. The van der Waals surface area contributed by atoms with Gasteiger partial charge in [0, 0.05) is 33.5 Å². The number of anilines is 1. The Hall–Kier alpha value is -2.12. The van der Waals surface area contributed by atoms with E-state index in [4.69, 9.17) is 0 Å². The molecule has 0 aromatic carbocycles. The Balaban J connectivity index is 2.37. The number of carbonyl (C=O) groups excluding carboxylic acids is 1. The normalized spacial score (nSPS) is 9.89. The van der Waals surface area contributed by atoms with Crippen LogP contribution < -0.4 is 10.2 Å². The van der Waals surface area contributed by atoms with E-state index in [1.165, 1.54) is 6.33 Å². The van der Waals surface area contributed by atoms with Gasteiger partial charge in [-0.25, -0.2) is 9.97 Å².